The molecule has 63 heavy (non-hydrogen) atoms. The third kappa shape index (κ3) is 9.85. The smallest absolute Gasteiger partial charge is 0.255 e. The number of pyridine rings is 1. The molecule has 0 saturated carbocycles. The number of anilines is 5. The van der Waals surface area contributed by atoms with Crippen LogP contribution in [0.1, 0.15) is 66.1 Å². The van der Waals surface area contributed by atoms with Gasteiger partial charge in [-0.05, 0) is 80.5 Å². The Morgan fingerprint density at radius 3 is 2.46 bits per heavy atom. The van der Waals surface area contributed by atoms with Crippen LogP contribution in [-0.2, 0) is 27.1 Å². The van der Waals surface area contributed by atoms with Crippen LogP contribution in [0.2, 0.25) is 5.02 Å². The summed E-state index contributed by atoms with van der Waals surface area (Å²) >= 11 is 6.52. The lowest BCUT2D eigenvalue weighted by atomic mass is 10.0. The van der Waals surface area contributed by atoms with Crippen molar-refractivity contribution < 1.29 is 23.7 Å². The first-order valence-electron chi connectivity index (χ1n) is 21.7. The number of halogens is 1. The summed E-state index contributed by atoms with van der Waals surface area (Å²) in [5.41, 5.74) is 4.68. The van der Waals surface area contributed by atoms with Gasteiger partial charge < -0.3 is 29.7 Å². The van der Waals surface area contributed by atoms with Gasteiger partial charge in [0.1, 0.15) is 29.7 Å². The van der Waals surface area contributed by atoms with Gasteiger partial charge in [-0.15, -0.1) is 0 Å². The largest absolute Gasteiger partial charge is 0.479 e. The predicted octanol–water partition coefficient (Wildman–Crippen LogP) is 5.62. The van der Waals surface area contributed by atoms with Gasteiger partial charge in [0, 0.05) is 87.7 Å². The second-order valence-electron chi connectivity index (χ2n) is 16.8. The summed E-state index contributed by atoms with van der Waals surface area (Å²) in [6.45, 7) is 12.6. The summed E-state index contributed by atoms with van der Waals surface area (Å²) in [6, 6.07) is 14.9. The lowest BCUT2D eigenvalue weighted by molar-refractivity contribution is -0.136. The lowest BCUT2D eigenvalue weighted by Gasteiger charge is -2.43. The van der Waals surface area contributed by atoms with E-state index in [0.29, 0.717) is 63.9 Å². The number of piperazine rings is 1. The van der Waals surface area contributed by atoms with Crippen molar-refractivity contribution in [1.29, 1.82) is 0 Å². The van der Waals surface area contributed by atoms with Gasteiger partial charge in [-0.2, -0.15) is 9.97 Å². The molecule has 0 radical (unpaired) electrons. The third-order valence-electron chi connectivity index (χ3n) is 12.4. The molecule has 330 valence electrons. The minimum atomic E-state index is -2.57. The van der Waals surface area contributed by atoms with E-state index in [1.807, 2.05) is 36.4 Å². The number of nitrogens with zero attached hydrogens (tertiary/aromatic N) is 7. The number of carbonyl (C=O) groups excluding carboxylic acids is 3. The summed E-state index contributed by atoms with van der Waals surface area (Å²) < 4.78 is 18.8. The number of hydrogen-bond acceptors (Lipinski definition) is 13. The minimum absolute atomic E-state index is 0.182. The second kappa shape index (κ2) is 19.1. The Morgan fingerprint density at radius 1 is 0.952 bits per heavy atom. The number of hydrogen-bond donors (Lipinski definition) is 3. The standard InChI is InChI=1S/C46H54ClN10O5P/c1-5-30-27-37(50-46-48-28-35(47)41(52-46)49-36-14-6-7-15-39(36)63(3,4)61)44(62-2)53-42(30)56-21-18-32(19-22-56)55-25-23-54(24-26-55)20-9-8-11-31-12-10-13-33-34(31)29-57(45(33)60)38-16-17-40(58)51-43(38)59/h6-7,10,12-15,27-28,32,38H,5,9,16-26,29H2,1-4H3,(H,51,58,59)(H2,48,49,50,52). The molecule has 3 fully saturated rings. The van der Waals surface area contributed by atoms with Crippen LogP contribution in [0.5, 0.6) is 5.88 Å². The number of ether oxygens (including phenoxy) is 1. The summed E-state index contributed by atoms with van der Waals surface area (Å²) in [4.78, 5) is 60.5. The molecule has 3 saturated heterocycles. The molecule has 0 bridgehead atoms. The van der Waals surface area contributed by atoms with Crippen molar-refractivity contribution >= 4 is 70.7 Å². The van der Waals surface area contributed by atoms with Crippen molar-refractivity contribution in [3.63, 3.8) is 0 Å². The van der Waals surface area contributed by atoms with E-state index in [-0.39, 0.29) is 18.2 Å². The number of piperidine rings is 2. The van der Waals surface area contributed by atoms with Crippen molar-refractivity contribution in [2.75, 3.05) is 81.8 Å². The molecule has 0 aliphatic carbocycles. The fourth-order valence-corrected chi connectivity index (χ4v) is 10.3. The van der Waals surface area contributed by atoms with Crippen LogP contribution in [0.4, 0.5) is 29.0 Å². The van der Waals surface area contributed by atoms with Crippen molar-refractivity contribution in [2.45, 2.75) is 64.1 Å². The average molecular weight is 893 g/mol. The highest BCUT2D eigenvalue weighted by atomic mass is 35.5. The molecule has 4 aromatic rings. The van der Waals surface area contributed by atoms with Crippen molar-refractivity contribution in [3.05, 3.63) is 82.0 Å². The Balaban J connectivity index is 0.828. The maximum atomic E-state index is 13.2. The van der Waals surface area contributed by atoms with E-state index in [4.69, 9.17) is 21.3 Å². The Morgan fingerprint density at radius 2 is 1.73 bits per heavy atom. The SMILES string of the molecule is CCc1cc(Nc2ncc(Cl)c(Nc3ccccc3P(C)(C)=O)n2)c(OC)nc1N1CCC(N2CCN(CCC#Cc3cccc4c3CN(C3CCC(=O)NC3=O)C4=O)CC2)CC1. The quantitative estimate of drug-likeness (QED) is 0.0913. The van der Waals surface area contributed by atoms with Crippen molar-refractivity contribution in [2.24, 2.45) is 0 Å². The second-order valence-corrected chi connectivity index (χ2v) is 20.4. The summed E-state index contributed by atoms with van der Waals surface area (Å²) in [6.07, 6.45) is 5.69. The number of aromatic nitrogens is 3. The van der Waals surface area contributed by atoms with E-state index in [2.05, 4.69) is 65.4 Å². The zero-order valence-electron chi connectivity index (χ0n) is 36.2. The van der Waals surface area contributed by atoms with Gasteiger partial charge in [-0.3, -0.25) is 29.5 Å². The van der Waals surface area contributed by atoms with Crippen LogP contribution in [0.15, 0.2) is 54.7 Å². The van der Waals surface area contributed by atoms with Gasteiger partial charge in [0.2, 0.25) is 23.6 Å². The number of fused-ring (bicyclic) bond motifs is 1. The molecule has 2 aromatic heterocycles. The molecule has 4 aliphatic heterocycles. The molecule has 6 heterocycles. The highest BCUT2D eigenvalue weighted by molar-refractivity contribution is 7.70. The molecule has 8 rings (SSSR count). The van der Waals surface area contributed by atoms with E-state index in [0.717, 1.165) is 94.0 Å². The number of methoxy groups -OCH3 is 1. The molecule has 15 nitrogen and oxygen atoms in total. The van der Waals surface area contributed by atoms with Crippen molar-refractivity contribution in [3.8, 4) is 17.7 Å². The van der Waals surface area contributed by atoms with Crippen molar-refractivity contribution in [1.82, 2.24) is 35.0 Å². The molecule has 2 aromatic carbocycles. The Labute approximate surface area is 373 Å². The zero-order chi connectivity index (χ0) is 44.3. The number of amides is 3. The normalized spacial score (nSPS) is 18.7. The van der Waals surface area contributed by atoms with Gasteiger partial charge in [-0.25, -0.2) is 4.98 Å². The maximum absolute atomic E-state index is 13.2. The summed E-state index contributed by atoms with van der Waals surface area (Å²) in [7, 11) is -0.955. The van der Waals surface area contributed by atoms with E-state index in [1.165, 1.54) is 6.20 Å². The number of rotatable bonds is 12. The van der Waals surface area contributed by atoms with Gasteiger partial charge in [-0.1, -0.05) is 48.6 Å². The fourth-order valence-electron chi connectivity index (χ4n) is 8.99. The van der Waals surface area contributed by atoms with E-state index < -0.39 is 19.1 Å². The Hall–Kier alpha value is -5.52. The van der Waals surface area contributed by atoms with E-state index in [9.17, 15) is 18.9 Å². The topological polar surface area (TPSA) is 165 Å². The monoisotopic (exact) mass is 892 g/mol. The van der Waals surface area contributed by atoms with Crippen LogP contribution < -0.4 is 30.9 Å². The number of nitrogens with one attached hydrogen (secondary N) is 3. The van der Waals surface area contributed by atoms with E-state index >= 15 is 0 Å². The highest BCUT2D eigenvalue weighted by Gasteiger charge is 2.40. The molecule has 4 aliphatic rings. The lowest BCUT2D eigenvalue weighted by Crippen LogP contribution is -2.53. The average Bonchev–Trinajstić information content (AvgIpc) is 3.62. The van der Waals surface area contributed by atoms with Crippen LogP contribution >= 0.6 is 18.7 Å². The van der Waals surface area contributed by atoms with E-state index in [1.54, 1.807) is 31.4 Å². The van der Waals surface area contributed by atoms with Crippen LogP contribution in [0.3, 0.4) is 0 Å². The summed E-state index contributed by atoms with van der Waals surface area (Å²) in [5.74, 6) is 7.85. The van der Waals surface area contributed by atoms with Gasteiger partial charge in [0.05, 0.1) is 19.0 Å². The van der Waals surface area contributed by atoms with Gasteiger partial charge in [0.15, 0.2) is 5.82 Å². The van der Waals surface area contributed by atoms with Gasteiger partial charge >= 0.3 is 0 Å². The fraction of sp³-hybridized carbons (Fsp3) is 0.435. The molecule has 0 spiro atoms. The molecule has 1 unspecified atom stereocenters. The molecular formula is C46H54ClN10O5P. The van der Waals surface area contributed by atoms with Crippen LogP contribution in [0.25, 0.3) is 0 Å². The summed E-state index contributed by atoms with van der Waals surface area (Å²) in [5, 5.41) is 9.96. The molecule has 17 heteroatoms. The molecule has 1 atom stereocenters. The minimum Gasteiger partial charge on any atom is -0.479 e. The number of aryl methyl sites for hydroxylation is 1. The highest BCUT2D eigenvalue weighted by Crippen LogP contribution is 2.39. The number of benzene rings is 2. The number of imide groups is 1. The number of carbonyl (C=O) groups is 3. The third-order valence-corrected chi connectivity index (χ3v) is 14.2. The Kier molecular flexibility index (Phi) is 13.3. The first kappa shape index (κ1) is 44.1. The zero-order valence-corrected chi connectivity index (χ0v) is 37.9. The van der Waals surface area contributed by atoms with Crippen LogP contribution in [0, 0.1) is 11.8 Å². The molecule has 3 N–H and O–H groups in total. The maximum Gasteiger partial charge on any atom is 0.255 e. The van der Waals surface area contributed by atoms with Gasteiger partial charge in [0.25, 0.3) is 5.91 Å². The predicted molar refractivity (Wildman–Crippen MR) is 247 cm³/mol. The molecular weight excluding hydrogens is 839 g/mol. The first-order chi connectivity index (χ1) is 30.4. The number of para-hydroxylation sites is 1. The Bertz CT molecular complexity index is 2510. The van der Waals surface area contributed by atoms with Crippen LogP contribution in [-0.4, -0.2) is 126 Å². The molecule has 3 amide bonds. The first-order valence-corrected chi connectivity index (χ1v) is 24.6.